The number of nitrogens with zero attached hydrogens (tertiary/aromatic N) is 4. The first-order valence-corrected chi connectivity index (χ1v) is 9.94. The van der Waals surface area contributed by atoms with Gasteiger partial charge >= 0.3 is 0 Å². The van der Waals surface area contributed by atoms with Gasteiger partial charge < -0.3 is 15.5 Å². The number of carbonyl (C=O) groups is 1. The summed E-state index contributed by atoms with van der Waals surface area (Å²) in [6.07, 6.45) is 5.61. The molecule has 7 heteroatoms. The molecule has 2 aromatic rings. The van der Waals surface area contributed by atoms with E-state index in [1.807, 2.05) is 17.0 Å². The first-order valence-electron chi connectivity index (χ1n) is 10.9. The third-order valence-corrected chi connectivity index (χ3v) is 5.29. The van der Waals surface area contributed by atoms with Crippen molar-refractivity contribution in [2.75, 3.05) is 49.4 Å². The third-order valence-electron chi connectivity index (χ3n) is 5.29. The quantitative estimate of drug-likeness (QED) is 0.843. The average Bonchev–Trinajstić information content (AvgIpc) is 2.93. The molecule has 1 amide bonds. The van der Waals surface area contributed by atoms with E-state index in [2.05, 4.69) is 25.5 Å². The number of aromatic nitrogens is 2. The average molecular weight is 383 g/mol. The molecule has 0 aromatic carbocycles. The maximum atomic E-state index is 12.6. The Hall–Kier alpha value is -2.51. The highest BCUT2D eigenvalue weighted by Crippen LogP contribution is 2.19. The molecule has 2 aliphatic rings. The lowest BCUT2D eigenvalue weighted by atomic mass is 10.0. The zero-order chi connectivity index (χ0) is 21.0. The molecule has 28 heavy (non-hydrogen) atoms. The van der Waals surface area contributed by atoms with Crippen LogP contribution in [0.25, 0.3) is 0 Å². The minimum atomic E-state index is -1.34. The molecular formula is C21H28N6O. The molecule has 0 unspecified atom stereocenters. The van der Waals surface area contributed by atoms with Crippen molar-refractivity contribution in [1.29, 1.82) is 0 Å². The van der Waals surface area contributed by atoms with Crippen molar-refractivity contribution in [3.8, 4) is 0 Å². The van der Waals surface area contributed by atoms with Gasteiger partial charge in [-0.25, -0.2) is 4.98 Å². The number of pyridine rings is 2. The SMILES string of the molecule is [2H]C1([2H])CCN(c2cccc(C(=O)Nc3ccncc3)n2)CCN1C1CCNCC1. The molecule has 2 aromatic heterocycles. The lowest BCUT2D eigenvalue weighted by Gasteiger charge is -2.33. The van der Waals surface area contributed by atoms with Crippen molar-refractivity contribution in [1.82, 2.24) is 20.2 Å². The molecule has 2 N–H and O–H groups in total. The van der Waals surface area contributed by atoms with Gasteiger partial charge in [0.1, 0.15) is 11.5 Å². The lowest BCUT2D eigenvalue weighted by Crippen LogP contribution is -2.44. The van der Waals surface area contributed by atoms with Crippen molar-refractivity contribution in [2.24, 2.45) is 0 Å². The van der Waals surface area contributed by atoms with Crippen molar-refractivity contribution in [3.63, 3.8) is 0 Å². The van der Waals surface area contributed by atoms with Gasteiger partial charge in [-0.1, -0.05) is 6.07 Å². The van der Waals surface area contributed by atoms with E-state index in [0.29, 0.717) is 43.3 Å². The van der Waals surface area contributed by atoms with Crippen molar-refractivity contribution in [3.05, 3.63) is 48.4 Å². The fourth-order valence-electron chi connectivity index (χ4n) is 3.76. The Morgan fingerprint density at radius 1 is 1.14 bits per heavy atom. The molecule has 0 spiro atoms. The van der Waals surface area contributed by atoms with Gasteiger partial charge in [0.25, 0.3) is 5.91 Å². The Kier molecular flexibility index (Phi) is 5.36. The summed E-state index contributed by atoms with van der Waals surface area (Å²) in [6.45, 7) is 2.44. The number of nitrogens with one attached hydrogen (secondary N) is 2. The zero-order valence-corrected chi connectivity index (χ0v) is 16.0. The Balaban J connectivity index is 1.46. The fourth-order valence-corrected chi connectivity index (χ4v) is 3.76. The summed E-state index contributed by atoms with van der Waals surface area (Å²) < 4.78 is 17.2. The summed E-state index contributed by atoms with van der Waals surface area (Å²) in [6, 6.07) is 9.14. The number of piperidine rings is 1. The van der Waals surface area contributed by atoms with E-state index in [-0.39, 0.29) is 11.9 Å². The van der Waals surface area contributed by atoms with E-state index >= 15 is 0 Å². The van der Waals surface area contributed by atoms with Gasteiger partial charge in [0.2, 0.25) is 0 Å². The van der Waals surface area contributed by atoms with Gasteiger partial charge in [-0.2, -0.15) is 0 Å². The molecule has 2 fully saturated rings. The van der Waals surface area contributed by atoms with Crippen LogP contribution < -0.4 is 15.5 Å². The van der Waals surface area contributed by atoms with Gasteiger partial charge in [-0.05, 0) is 56.6 Å². The second kappa shape index (κ2) is 9.12. The maximum absolute atomic E-state index is 12.6. The van der Waals surface area contributed by atoms with Gasteiger partial charge in [0, 0.05) is 53.0 Å². The van der Waals surface area contributed by atoms with Crippen LogP contribution in [-0.2, 0) is 0 Å². The van der Waals surface area contributed by atoms with Crippen molar-refractivity contribution >= 4 is 17.4 Å². The van der Waals surface area contributed by atoms with Crippen LogP contribution in [0, 0.1) is 0 Å². The van der Waals surface area contributed by atoms with Gasteiger partial charge in [0.05, 0.1) is 0 Å². The van der Waals surface area contributed by atoms with Crippen LogP contribution in [0.1, 0.15) is 32.5 Å². The standard InChI is InChI=1S/C21H28N6O/c28-21(24-17-5-9-22-10-6-17)19-3-1-4-20(25-19)27-14-2-13-26(15-16-27)18-7-11-23-12-8-18/h1,3-6,9-10,18,23H,2,7-8,11-16H2,(H,22,24,28)/i13D2. The Bertz CT molecular complexity index is 860. The van der Waals surface area contributed by atoms with E-state index < -0.39 is 6.50 Å². The van der Waals surface area contributed by atoms with E-state index in [0.717, 1.165) is 25.9 Å². The van der Waals surface area contributed by atoms with Crippen LogP contribution in [0.5, 0.6) is 0 Å². The highest BCUT2D eigenvalue weighted by atomic mass is 16.1. The summed E-state index contributed by atoms with van der Waals surface area (Å²) in [5.74, 6) is 0.435. The number of hydrogen-bond acceptors (Lipinski definition) is 6. The molecule has 2 aliphatic heterocycles. The van der Waals surface area contributed by atoms with Crippen LogP contribution in [0.4, 0.5) is 11.5 Å². The predicted molar refractivity (Wildman–Crippen MR) is 111 cm³/mol. The number of rotatable bonds is 4. The Morgan fingerprint density at radius 3 is 2.79 bits per heavy atom. The van der Waals surface area contributed by atoms with E-state index in [1.54, 1.807) is 30.6 Å². The highest BCUT2D eigenvalue weighted by molar-refractivity contribution is 6.03. The third kappa shape index (κ3) is 4.66. The molecule has 2 saturated heterocycles. The van der Waals surface area contributed by atoms with Crippen LogP contribution in [0.2, 0.25) is 0 Å². The lowest BCUT2D eigenvalue weighted by molar-refractivity contribution is 0.102. The predicted octanol–water partition coefficient (Wildman–Crippen LogP) is 1.99. The Labute approximate surface area is 169 Å². The number of amides is 1. The zero-order valence-electron chi connectivity index (χ0n) is 18.0. The van der Waals surface area contributed by atoms with E-state index in [1.165, 1.54) is 0 Å². The van der Waals surface area contributed by atoms with Crippen LogP contribution in [0.3, 0.4) is 0 Å². The molecule has 4 rings (SSSR count). The summed E-state index contributed by atoms with van der Waals surface area (Å²) in [5.41, 5.74) is 1.01. The van der Waals surface area contributed by atoms with Crippen LogP contribution >= 0.6 is 0 Å². The summed E-state index contributed by atoms with van der Waals surface area (Å²) in [7, 11) is 0. The second-order valence-corrected chi connectivity index (χ2v) is 7.14. The number of carbonyl (C=O) groups excluding carboxylic acids is 1. The highest BCUT2D eigenvalue weighted by Gasteiger charge is 2.24. The van der Waals surface area contributed by atoms with Gasteiger partial charge in [-0.3, -0.25) is 14.7 Å². The normalized spacial score (nSPS) is 22.1. The summed E-state index contributed by atoms with van der Waals surface area (Å²) in [5, 5.41) is 6.18. The smallest absolute Gasteiger partial charge is 0.274 e. The monoisotopic (exact) mass is 382 g/mol. The maximum Gasteiger partial charge on any atom is 0.274 e. The summed E-state index contributed by atoms with van der Waals surface area (Å²) in [4.78, 5) is 25.2. The topological polar surface area (TPSA) is 73.4 Å². The number of anilines is 2. The fraction of sp³-hybridized carbons (Fsp3) is 0.476. The molecule has 0 bridgehead atoms. The molecular weight excluding hydrogens is 352 g/mol. The first kappa shape index (κ1) is 16.4. The van der Waals surface area contributed by atoms with Crippen molar-refractivity contribution in [2.45, 2.75) is 25.3 Å². The number of hydrogen-bond donors (Lipinski definition) is 2. The molecule has 148 valence electrons. The molecule has 0 saturated carbocycles. The minimum absolute atomic E-state index is 0.270. The van der Waals surface area contributed by atoms with E-state index in [4.69, 9.17) is 2.74 Å². The van der Waals surface area contributed by atoms with Gasteiger partial charge in [-0.15, -0.1) is 0 Å². The van der Waals surface area contributed by atoms with Gasteiger partial charge in [0.15, 0.2) is 0 Å². The molecule has 4 heterocycles. The summed E-state index contributed by atoms with van der Waals surface area (Å²) >= 11 is 0. The van der Waals surface area contributed by atoms with Crippen LogP contribution in [0.15, 0.2) is 42.7 Å². The van der Waals surface area contributed by atoms with Crippen molar-refractivity contribution < 1.29 is 7.54 Å². The molecule has 0 aliphatic carbocycles. The first-order chi connectivity index (χ1) is 14.5. The molecule has 0 atom stereocenters. The van der Waals surface area contributed by atoms with E-state index in [9.17, 15) is 4.79 Å². The second-order valence-electron chi connectivity index (χ2n) is 7.14. The molecule has 7 nitrogen and oxygen atoms in total. The largest absolute Gasteiger partial charge is 0.355 e. The molecule has 0 radical (unpaired) electrons. The Morgan fingerprint density at radius 2 is 1.96 bits per heavy atom. The van der Waals surface area contributed by atoms with Crippen LogP contribution in [-0.4, -0.2) is 66.0 Å². The minimum Gasteiger partial charge on any atom is -0.355 e.